The lowest BCUT2D eigenvalue weighted by molar-refractivity contribution is 0.307. The van der Waals surface area contributed by atoms with Gasteiger partial charge < -0.3 is 11.1 Å². The van der Waals surface area contributed by atoms with Crippen molar-refractivity contribution in [2.24, 2.45) is 5.73 Å². The van der Waals surface area contributed by atoms with Crippen molar-refractivity contribution in [2.75, 3.05) is 0 Å². The van der Waals surface area contributed by atoms with Gasteiger partial charge in [0.1, 0.15) is 0 Å². The maximum atomic E-state index is 6.09. The normalized spacial score (nSPS) is 30.4. The van der Waals surface area contributed by atoms with Gasteiger partial charge in [0, 0.05) is 18.1 Å². The fourth-order valence-corrected chi connectivity index (χ4v) is 2.77. The van der Waals surface area contributed by atoms with Gasteiger partial charge in [-0.15, -0.1) is 0 Å². The van der Waals surface area contributed by atoms with Gasteiger partial charge in [-0.25, -0.2) is 0 Å². The summed E-state index contributed by atoms with van der Waals surface area (Å²) in [7, 11) is 0. The molecule has 1 fully saturated rings. The van der Waals surface area contributed by atoms with Crippen molar-refractivity contribution < 1.29 is 0 Å². The SMILES string of the molecule is Cc1ccc([C@@H]2C[C@H](N)C[C@H](C)N2)c(C)c1. The predicted molar refractivity (Wildman–Crippen MR) is 68.5 cm³/mol. The van der Waals surface area contributed by atoms with Crippen LogP contribution < -0.4 is 11.1 Å². The van der Waals surface area contributed by atoms with Crippen LogP contribution in [-0.2, 0) is 0 Å². The molecule has 2 rings (SSSR count). The van der Waals surface area contributed by atoms with Gasteiger partial charge in [-0.05, 0) is 44.7 Å². The van der Waals surface area contributed by atoms with E-state index >= 15 is 0 Å². The molecule has 16 heavy (non-hydrogen) atoms. The predicted octanol–water partition coefficient (Wildman–Crippen LogP) is 2.44. The third kappa shape index (κ3) is 2.45. The molecule has 0 aliphatic carbocycles. The topological polar surface area (TPSA) is 38.0 Å². The number of benzene rings is 1. The Labute approximate surface area is 98.2 Å². The number of piperidine rings is 1. The zero-order valence-electron chi connectivity index (χ0n) is 10.5. The lowest BCUT2D eigenvalue weighted by Gasteiger charge is -2.34. The number of rotatable bonds is 1. The molecule has 3 atom stereocenters. The van der Waals surface area contributed by atoms with Crippen LogP contribution in [0.1, 0.15) is 42.5 Å². The first-order valence-corrected chi connectivity index (χ1v) is 6.15. The molecule has 0 unspecified atom stereocenters. The summed E-state index contributed by atoms with van der Waals surface area (Å²) in [5.41, 5.74) is 10.2. The van der Waals surface area contributed by atoms with Crippen molar-refractivity contribution in [2.45, 2.75) is 51.7 Å². The van der Waals surface area contributed by atoms with Gasteiger partial charge in [0.15, 0.2) is 0 Å². The molecular formula is C14H22N2. The van der Waals surface area contributed by atoms with Gasteiger partial charge in [0.05, 0.1) is 0 Å². The van der Waals surface area contributed by atoms with Gasteiger partial charge in [0.2, 0.25) is 0 Å². The van der Waals surface area contributed by atoms with Crippen molar-refractivity contribution in [3.05, 3.63) is 34.9 Å². The zero-order chi connectivity index (χ0) is 11.7. The highest BCUT2D eigenvalue weighted by molar-refractivity contribution is 5.33. The number of aryl methyl sites for hydroxylation is 2. The second kappa shape index (κ2) is 4.56. The molecule has 2 heteroatoms. The van der Waals surface area contributed by atoms with Crippen LogP contribution in [-0.4, -0.2) is 12.1 Å². The molecule has 0 amide bonds. The van der Waals surface area contributed by atoms with Gasteiger partial charge in [-0.1, -0.05) is 23.8 Å². The van der Waals surface area contributed by atoms with Crippen molar-refractivity contribution in [3.63, 3.8) is 0 Å². The first kappa shape index (κ1) is 11.6. The smallest absolute Gasteiger partial charge is 0.0339 e. The van der Waals surface area contributed by atoms with Crippen LogP contribution in [0.15, 0.2) is 18.2 Å². The average Bonchev–Trinajstić information content (AvgIpc) is 2.15. The van der Waals surface area contributed by atoms with E-state index in [1.807, 2.05) is 0 Å². The minimum absolute atomic E-state index is 0.335. The molecule has 1 aromatic carbocycles. The van der Waals surface area contributed by atoms with E-state index in [1.54, 1.807) is 0 Å². The lowest BCUT2D eigenvalue weighted by Crippen LogP contribution is -2.44. The van der Waals surface area contributed by atoms with Gasteiger partial charge in [-0.3, -0.25) is 0 Å². The summed E-state index contributed by atoms with van der Waals surface area (Å²) in [6, 6.07) is 7.97. The van der Waals surface area contributed by atoms with E-state index in [0.717, 1.165) is 12.8 Å². The van der Waals surface area contributed by atoms with E-state index in [1.165, 1.54) is 16.7 Å². The summed E-state index contributed by atoms with van der Waals surface area (Å²) in [6.45, 7) is 6.55. The van der Waals surface area contributed by atoms with Crippen molar-refractivity contribution in [1.29, 1.82) is 0 Å². The van der Waals surface area contributed by atoms with Crippen LogP contribution in [0.4, 0.5) is 0 Å². The van der Waals surface area contributed by atoms with Crippen LogP contribution >= 0.6 is 0 Å². The quantitative estimate of drug-likeness (QED) is 0.760. The lowest BCUT2D eigenvalue weighted by atomic mass is 9.88. The second-order valence-electron chi connectivity index (χ2n) is 5.21. The zero-order valence-corrected chi connectivity index (χ0v) is 10.5. The highest BCUT2D eigenvalue weighted by atomic mass is 15.0. The Balaban J connectivity index is 2.23. The number of nitrogens with two attached hydrogens (primary N) is 1. The molecule has 1 aliphatic rings. The van der Waals surface area contributed by atoms with Crippen molar-refractivity contribution in [1.82, 2.24) is 5.32 Å². The molecule has 0 saturated carbocycles. The fourth-order valence-electron chi connectivity index (χ4n) is 2.77. The Morgan fingerprint density at radius 2 is 2.00 bits per heavy atom. The number of nitrogens with one attached hydrogen (secondary N) is 1. The third-order valence-corrected chi connectivity index (χ3v) is 3.48. The molecule has 0 spiro atoms. The minimum Gasteiger partial charge on any atom is -0.328 e. The third-order valence-electron chi connectivity index (χ3n) is 3.48. The largest absolute Gasteiger partial charge is 0.328 e. The Hall–Kier alpha value is -0.860. The molecule has 1 saturated heterocycles. The van der Waals surface area contributed by atoms with E-state index < -0.39 is 0 Å². The molecule has 0 radical (unpaired) electrons. The summed E-state index contributed by atoms with van der Waals surface area (Å²) in [5.74, 6) is 0. The molecule has 1 heterocycles. The molecule has 0 bridgehead atoms. The Morgan fingerprint density at radius 1 is 1.25 bits per heavy atom. The average molecular weight is 218 g/mol. The maximum absolute atomic E-state index is 6.09. The first-order chi connectivity index (χ1) is 7.56. The van der Waals surface area contributed by atoms with E-state index in [2.05, 4.69) is 44.3 Å². The molecule has 1 aliphatic heterocycles. The Bertz CT molecular complexity index is 363. The number of hydrogen-bond acceptors (Lipinski definition) is 2. The molecule has 3 N–H and O–H groups in total. The molecule has 0 aromatic heterocycles. The van der Waals surface area contributed by atoms with Gasteiger partial charge in [0.25, 0.3) is 0 Å². The van der Waals surface area contributed by atoms with E-state index in [0.29, 0.717) is 18.1 Å². The molecule has 88 valence electrons. The highest BCUT2D eigenvalue weighted by Gasteiger charge is 2.25. The minimum atomic E-state index is 0.335. The Morgan fingerprint density at radius 3 is 2.62 bits per heavy atom. The van der Waals surface area contributed by atoms with Crippen LogP contribution in [0.5, 0.6) is 0 Å². The second-order valence-corrected chi connectivity index (χ2v) is 5.21. The summed E-state index contributed by atoms with van der Waals surface area (Å²) >= 11 is 0. The van der Waals surface area contributed by atoms with E-state index in [-0.39, 0.29) is 0 Å². The highest BCUT2D eigenvalue weighted by Crippen LogP contribution is 2.27. The molecule has 2 nitrogen and oxygen atoms in total. The summed E-state index contributed by atoms with van der Waals surface area (Å²) in [5, 5.41) is 3.64. The van der Waals surface area contributed by atoms with E-state index in [9.17, 15) is 0 Å². The van der Waals surface area contributed by atoms with Crippen LogP contribution in [0.3, 0.4) is 0 Å². The standard InChI is InChI=1S/C14H22N2/c1-9-4-5-13(10(2)6-9)14-8-12(15)7-11(3)16-14/h4-6,11-12,14,16H,7-8,15H2,1-3H3/t11-,12+,14-/m0/s1. The fraction of sp³-hybridized carbons (Fsp3) is 0.571. The van der Waals surface area contributed by atoms with Gasteiger partial charge in [-0.2, -0.15) is 0 Å². The number of hydrogen-bond donors (Lipinski definition) is 2. The Kier molecular flexibility index (Phi) is 3.31. The monoisotopic (exact) mass is 218 g/mol. The summed E-state index contributed by atoms with van der Waals surface area (Å²) in [4.78, 5) is 0. The van der Waals surface area contributed by atoms with Crippen molar-refractivity contribution >= 4 is 0 Å². The summed E-state index contributed by atoms with van der Waals surface area (Å²) in [6.07, 6.45) is 2.13. The van der Waals surface area contributed by atoms with Gasteiger partial charge >= 0.3 is 0 Å². The van der Waals surface area contributed by atoms with Crippen LogP contribution in [0.2, 0.25) is 0 Å². The van der Waals surface area contributed by atoms with Crippen LogP contribution in [0, 0.1) is 13.8 Å². The van der Waals surface area contributed by atoms with E-state index in [4.69, 9.17) is 5.73 Å². The first-order valence-electron chi connectivity index (χ1n) is 6.15. The maximum Gasteiger partial charge on any atom is 0.0339 e. The molecule has 1 aromatic rings. The van der Waals surface area contributed by atoms with Crippen molar-refractivity contribution in [3.8, 4) is 0 Å². The summed E-state index contributed by atoms with van der Waals surface area (Å²) < 4.78 is 0. The van der Waals surface area contributed by atoms with Crippen LogP contribution in [0.25, 0.3) is 0 Å². The molecular weight excluding hydrogens is 196 g/mol.